The first kappa shape index (κ1) is 22.8. The lowest BCUT2D eigenvalue weighted by Crippen LogP contribution is -2.35. The summed E-state index contributed by atoms with van der Waals surface area (Å²) in [5.41, 5.74) is 1.03. The molecule has 0 aliphatic carbocycles. The van der Waals surface area contributed by atoms with Gasteiger partial charge in [-0.2, -0.15) is 3.71 Å². The van der Waals surface area contributed by atoms with E-state index in [9.17, 15) is 26.0 Å². The van der Waals surface area contributed by atoms with Crippen LogP contribution in [0.2, 0.25) is 0 Å². The maximum atomic E-state index is 13.4. The number of fused-ring (bicyclic) bond motifs is 1. The molecule has 11 heteroatoms. The number of benzene rings is 2. The van der Waals surface area contributed by atoms with Crippen LogP contribution in [0.4, 0.5) is 10.1 Å². The maximum Gasteiger partial charge on any atom is 0.255 e. The molecule has 0 aliphatic rings. The van der Waals surface area contributed by atoms with Crippen molar-refractivity contribution in [3.8, 4) is 11.3 Å². The Morgan fingerprint density at radius 3 is 2.13 bits per heavy atom. The third-order valence-corrected chi connectivity index (χ3v) is 7.85. The van der Waals surface area contributed by atoms with Gasteiger partial charge in [0.05, 0.1) is 23.8 Å². The summed E-state index contributed by atoms with van der Waals surface area (Å²) in [6, 6.07) is 8.15. The highest BCUT2D eigenvalue weighted by atomic mass is 32.3. The Balaban J connectivity index is 2.41. The first-order chi connectivity index (χ1) is 14.4. The van der Waals surface area contributed by atoms with Crippen LogP contribution in [0.5, 0.6) is 0 Å². The summed E-state index contributed by atoms with van der Waals surface area (Å²) in [6.45, 7) is 1.73. The van der Waals surface area contributed by atoms with Crippen LogP contribution in [0.15, 0.2) is 40.8 Å². The summed E-state index contributed by atoms with van der Waals surface area (Å²) in [5, 5.41) is 2.91. The van der Waals surface area contributed by atoms with Crippen molar-refractivity contribution in [2.24, 2.45) is 0 Å². The van der Waals surface area contributed by atoms with E-state index < -0.39 is 31.8 Å². The van der Waals surface area contributed by atoms with Crippen LogP contribution in [0.25, 0.3) is 22.3 Å². The maximum absolute atomic E-state index is 13.4. The molecular weight excluding hydrogens is 447 g/mol. The Labute approximate surface area is 179 Å². The lowest BCUT2D eigenvalue weighted by molar-refractivity contribution is 0.0964. The molecule has 0 aliphatic heterocycles. The number of carbonyl (C=O) groups excluding carboxylic acids is 1. The van der Waals surface area contributed by atoms with Crippen molar-refractivity contribution >= 4 is 42.6 Å². The van der Waals surface area contributed by atoms with Crippen molar-refractivity contribution in [3.63, 3.8) is 0 Å². The highest BCUT2D eigenvalue weighted by Crippen LogP contribution is 2.38. The number of nitrogens with one attached hydrogen (secondary N) is 1. The Bertz CT molecular complexity index is 1350. The fourth-order valence-electron chi connectivity index (χ4n) is 3.39. The second kappa shape index (κ2) is 7.97. The van der Waals surface area contributed by atoms with Gasteiger partial charge in [-0.25, -0.2) is 21.2 Å². The standard InChI is InChI=1S/C20H21FN2O6S2/c1-5-12-10-15-17(11-16(12)23(30(3,25)26)31(4,27)28)29-19(18(15)20(24)22-2)13-6-8-14(21)9-7-13/h6-11H,5H2,1-4H3,(H,22,24). The van der Waals surface area contributed by atoms with E-state index in [4.69, 9.17) is 4.42 Å². The molecule has 3 rings (SSSR count). The number of carbonyl (C=O) groups is 1. The number of halogens is 1. The second-order valence-corrected chi connectivity index (χ2v) is 10.8. The first-order valence-electron chi connectivity index (χ1n) is 9.16. The topological polar surface area (TPSA) is 114 Å². The third-order valence-electron chi connectivity index (χ3n) is 4.63. The lowest BCUT2D eigenvalue weighted by atomic mass is 10.0. The molecule has 0 spiro atoms. The summed E-state index contributed by atoms with van der Waals surface area (Å²) >= 11 is 0. The minimum atomic E-state index is -4.18. The first-order valence-corrected chi connectivity index (χ1v) is 12.9. The van der Waals surface area contributed by atoms with Gasteiger partial charge in [0.2, 0.25) is 20.0 Å². The van der Waals surface area contributed by atoms with E-state index in [1.54, 1.807) is 6.92 Å². The largest absolute Gasteiger partial charge is 0.455 e. The fraction of sp³-hybridized carbons (Fsp3) is 0.250. The molecule has 1 heterocycles. The van der Waals surface area contributed by atoms with Gasteiger partial charge >= 0.3 is 0 Å². The van der Waals surface area contributed by atoms with Crippen molar-refractivity contribution < 1.29 is 30.4 Å². The number of hydrogen-bond acceptors (Lipinski definition) is 6. The molecule has 8 nitrogen and oxygen atoms in total. The van der Waals surface area contributed by atoms with E-state index >= 15 is 0 Å². The minimum absolute atomic E-state index is 0.0807. The SMILES string of the molecule is CCc1cc2c(C(=O)NC)c(-c3ccc(F)cc3)oc2cc1N(S(C)(=O)=O)S(C)(=O)=O. The molecule has 1 N–H and O–H groups in total. The van der Waals surface area contributed by atoms with Gasteiger partial charge in [-0.15, -0.1) is 0 Å². The minimum Gasteiger partial charge on any atom is -0.455 e. The quantitative estimate of drug-likeness (QED) is 0.595. The third kappa shape index (κ3) is 4.28. The highest BCUT2D eigenvalue weighted by molar-refractivity contribution is 8.09. The molecule has 0 radical (unpaired) electrons. The summed E-state index contributed by atoms with van der Waals surface area (Å²) < 4.78 is 68.7. The van der Waals surface area contributed by atoms with Crippen LogP contribution >= 0.6 is 0 Å². The molecule has 1 aromatic heterocycles. The molecule has 0 unspecified atom stereocenters. The number of rotatable bonds is 6. The molecule has 1 amide bonds. The number of nitrogens with zero attached hydrogens (tertiary/aromatic N) is 1. The summed E-state index contributed by atoms with van der Waals surface area (Å²) in [4.78, 5) is 12.6. The molecular formula is C20H21FN2O6S2. The zero-order valence-electron chi connectivity index (χ0n) is 17.3. The highest BCUT2D eigenvalue weighted by Gasteiger charge is 2.31. The number of amides is 1. The zero-order chi connectivity index (χ0) is 23.1. The lowest BCUT2D eigenvalue weighted by Gasteiger charge is -2.22. The van der Waals surface area contributed by atoms with E-state index in [0.29, 0.717) is 20.2 Å². The van der Waals surface area contributed by atoms with Gasteiger partial charge in [-0.05, 0) is 42.3 Å². The number of anilines is 1. The van der Waals surface area contributed by atoms with Gasteiger partial charge in [0.25, 0.3) is 5.91 Å². The number of sulfonamides is 2. The van der Waals surface area contributed by atoms with Crippen LogP contribution in [0, 0.1) is 5.82 Å². The van der Waals surface area contributed by atoms with Crippen LogP contribution in [-0.2, 0) is 26.5 Å². The van der Waals surface area contributed by atoms with Crippen molar-refractivity contribution in [1.82, 2.24) is 5.32 Å². The average Bonchev–Trinajstić information content (AvgIpc) is 3.03. The molecule has 166 valence electrons. The van der Waals surface area contributed by atoms with E-state index in [1.165, 1.54) is 43.4 Å². The van der Waals surface area contributed by atoms with Gasteiger partial charge in [0.1, 0.15) is 17.2 Å². The Morgan fingerprint density at radius 1 is 1.06 bits per heavy atom. The molecule has 0 atom stereocenters. The van der Waals surface area contributed by atoms with E-state index in [-0.39, 0.29) is 29.0 Å². The predicted molar refractivity (Wildman–Crippen MR) is 117 cm³/mol. The Morgan fingerprint density at radius 2 is 1.65 bits per heavy atom. The van der Waals surface area contributed by atoms with Crippen LogP contribution < -0.4 is 9.03 Å². The summed E-state index contributed by atoms with van der Waals surface area (Å²) in [6.07, 6.45) is 1.87. The van der Waals surface area contributed by atoms with Crippen molar-refractivity contribution in [2.75, 3.05) is 23.3 Å². The predicted octanol–water partition coefficient (Wildman–Crippen LogP) is 2.89. The molecule has 0 saturated heterocycles. The molecule has 0 bridgehead atoms. The smallest absolute Gasteiger partial charge is 0.255 e. The van der Waals surface area contributed by atoms with Gasteiger partial charge in [0.15, 0.2) is 0 Å². The van der Waals surface area contributed by atoms with Gasteiger partial charge in [-0.1, -0.05) is 6.92 Å². The van der Waals surface area contributed by atoms with E-state index in [2.05, 4.69) is 5.32 Å². The monoisotopic (exact) mass is 468 g/mol. The van der Waals surface area contributed by atoms with E-state index in [0.717, 1.165) is 12.5 Å². The van der Waals surface area contributed by atoms with Crippen molar-refractivity contribution in [1.29, 1.82) is 0 Å². The normalized spacial score (nSPS) is 12.2. The van der Waals surface area contributed by atoms with Gasteiger partial charge in [-0.3, -0.25) is 4.79 Å². The van der Waals surface area contributed by atoms with Gasteiger partial charge < -0.3 is 9.73 Å². The van der Waals surface area contributed by atoms with Crippen LogP contribution in [-0.4, -0.2) is 42.3 Å². The molecule has 3 aromatic rings. The van der Waals surface area contributed by atoms with Crippen LogP contribution in [0.1, 0.15) is 22.8 Å². The van der Waals surface area contributed by atoms with E-state index in [1.807, 2.05) is 0 Å². The van der Waals surface area contributed by atoms with Crippen molar-refractivity contribution in [2.45, 2.75) is 13.3 Å². The molecule has 31 heavy (non-hydrogen) atoms. The van der Waals surface area contributed by atoms with Crippen LogP contribution in [0.3, 0.4) is 0 Å². The average molecular weight is 469 g/mol. The molecule has 0 saturated carbocycles. The van der Waals surface area contributed by atoms with Gasteiger partial charge in [0, 0.05) is 24.1 Å². The Hall–Kier alpha value is -2.92. The zero-order valence-corrected chi connectivity index (χ0v) is 18.9. The summed E-state index contributed by atoms with van der Waals surface area (Å²) in [7, 11) is -6.91. The number of furan rings is 1. The number of aryl methyl sites for hydroxylation is 1. The molecule has 0 fully saturated rings. The number of hydrogen-bond donors (Lipinski definition) is 1. The fourth-order valence-corrected chi connectivity index (χ4v) is 6.41. The molecule has 2 aromatic carbocycles. The Kier molecular flexibility index (Phi) is 5.85. The van der Waals surface area contributed by atoms with Crippen molar-refractivity contribution in [3.05, 3.63) is 53.3 Å². The second-order valence-electron chi connectivity index (χ2n) is 6.95. The summed E-state index contributed by atoms with van der Waals surface area (Å²) in [5.74, 6) is -0.774.